The largest absolute Gasteiger partial charge is 0.398 e. The van der Waals surface area contributed by atoms with E-state index in [0.29, 0.717) is 22.5 Å². The van der Waals surface area contributed by atoms with Crippen LogP contribution in [0, 0.1) is 20.8 Å². The quantitative estimate of drug-likeness (QED) is 0.847. The Morgan fingerprint density at radius 3 is 2.52 bits per heavy atom. The Morgan fingerprint density at radius 2 is 1.90 bits per heavy atom. The summed E-state index contributed by atoms with van der Waals surface area (Å²) in [5.74, 6) is 0. The minimum atomic E-state index is -3.63. The molecule has 0 fully saturated rings. The van der Waals surface area contributed by atoms with Crippen molar-refractivity contribution >= 4 is 15.7 Å². The standard InChI is InChI=1S/C15H19N3O2S/c1-10-8-11(2)15(12(3)14(10)16)21(19,20)18-9-13-6-4-5-7-17-13/h4-8,18H,9,16H2,1-3H3. The topological polar surface area (TPSA) is 85.1 Å². The van der Waals surface area contributed by atoms with Gasteiger partial charge in [0.1, 0.15) is 0 Å². The summed E-state index contributed by atoms with van der Waals surface area (Å²) in [7, 11) is -3.63. The number of sulfonamides is 1. The molecule has 2 aromatic rings. The van der Waals surface area contributed by atoms with Crippen LogP contribution in [0.3, 0.4) is 0 Å². The molecule has 6 heteroatoms. The first-order valence-corrected chi connectivity index (χ1v) is 8.07. The van der Waals surface area contributed by atoms with Gasteiger partial charge in [-0.25, -0.2) is 13.1 Å². The van der Waals surface area contributed by atoms with Crippen molar-refractivity contribution in [3.63, 3.8) is 0 Å². The summed E-state index contributed by atoms with van der Waals surface area (Å²) >= 11 is 0. The molecule has 0 spiro atoms. The first kappa shape index (κ1) is 15.5. The number of rotatable bonds is 4. The second-order valence-electron chi connectivity index (χ2n) is 5.02. The lowest BCUT2D eigenvalue weighted by Crippen LogP contribution is -2.25. The molecule has 0 atom stereocenters. The number of hydrogen-bond donors (Lipinski definition) is 2. The molecule has 3 N–H and O–H groups in total. The number of pyridine rings is 1. The minimum Gasteiger partial charge on any atom is -0.398 e. The van der Waals surface area contributed by atoms with Crippen LogP contribution in [0.5, 0.6) is 0 Å². The average Bonchev–Trinajstić information content (AvgIpc) is 2.44. The lowest BCUT2D eigenvalue weighted by Gasteiger charge is -2.15. The molecule has 0 radical (unpaired) electrons. The van der Waals surface area contributed by atoms with Crippen molar-refractivity contribution < 1.29 is 8.42 Å². The fourth-order valence-corrected chi connectivity index (χ4v) is 3.82. The maximum absolute atomic E-state index is 12.5. The summed E-state index contributed by atoms with van der Waals surface area (Å²) < 4.78 is 27.6. The van der Waals surface area contributed by atoms with E-state index in [2.05, 4.69) is 9.71 Å². The van der Waals surface area contributed by atoms with Gasteiger partial charge in [0.25, 0.3) is 0 Å². The molecule has 112 valence electrons. The van der Waals surface area contributed by atoms with Gasteiger partial charge >= 0.3 is 0 Å². The van der Waals surface area contributed by atoms with Gasteiger partial charge in [-0.3, -0.25) is 4.98 Å². The molecular weight excluding hydrogens is 286 g/mol. The zero-order valence-electron chi connectivity index (χ0n) is 12.3. The van der Waals surface area contributed by atoms with Crippen molar-refractivity contribution in [1.29, 1.82) is 0 Å². The average molecular weight is 305 g/mol. The first-order chi connectivity index (χ1) is 9.83. The maximum Gasteiger partial charge on any atom is 0.241 e. The number of aryl methyl sites for hydroxylation is 2. The smallest absolute Gasteiger partial charge is 0.241 e. The predicted octanol–water partition coefficient (Wildman–Crippen LogP) is 2.07. The fraction of sp³-hybridized carbons (Fsp3) is 0.267. The Morgan fingerprint density at radius 1 is 1.19 bits per heavy atom. The number of benzene rings is 1. The summed E-state index contributed by atoms with van der Waals surface area (Å²) in [6.07, 6.45) is 1.63. The molecule has 0 unspecified atom stereocenters. The molecule has 1 aromatic heterocycles. The van der Waals surface area contributed by atoms with Crippen molar-refractivity contribution in [3.8, 4) is 0 Å². The van der Waals surface area contributed by atoms with Crippen molar-refractivity contribution in [2.24, 2.45) is 0 Å². The van der Waals surface area contributed by atoms with Gasteiger partial charge in [-0.15, -0.1) is 0 Å². The van der Waals surface area contributed by atoms with E-state index in [-0.39, 0.29) is 11.4 Å². The fourth-order valence-electron chi connectivity index (χ4n) is 2.34. The highest BCUT2D eigenvalue weighted by Gasteiger charge is 2.21. The monoisotopic (exact) mass is 305 g/mol. The third-order valence-corrected chi connectivity index (χ3v) is 5.09. The highest BCUT2D eigenvalue weighted by Crippen LogP contribution is 2.27. The van der Waals surface area contributed by atoms with E-state index in [9.17, 15) is 8.42 Å². The van der Waals surface area contributed by atoms with Crippen LogP contribution in [0.15, 0.2) is 35.4 Å². The van der Waals surface area contributed by atoms with Gasteiger partial charge in [-0.05, 0) is 49.6 Å². The van der Waals surface area contributed by atoms with Crippen LogP contribution in [0.2, 0.25) is 0 Å². The minimum absolute atomic E-state index is 0.149. The number of nitrogens with two attached hydrogens (primary N) is 1. The van der Waals surface area contributed by atoms with Crippen molar-refractivity contribution in [3.05, 3.63) is 52.8 Å². The van der Waals surface area contributed by atoms with Gasteiger partial charge in [0.05, 0.1) is 17.1 Å². The number of nitrogens with zero attached hydrogens (tertiary/aromatic N) is 1. The molecule has 1 aromatic carbocycles. The van der Waals surface area contributed by atoms with E-state index in [1.54, 1.807) is 38.2 Å². The van der Waals surface area contributed by atoms with Crippen LogP contribution in [-0.4, -0.2) is 13.4 Å². The number of aromatic nitrogens is 1. The van der Waals surface area contributed by atoms with Gasteiger partial charge in [0.2, 0.25) is 10.0 Å². The Bertz CT molecular complexity index is 756. The molecule has 0 amide bonds. The SMILES string of the molecule is Cc1cc(C)c(S(=O)(=O)NCc2ccccn2)c(C)c1N. The summed E-state index contributed by atoms with van der Waals surface area (Å²) in [6, 6.07) is 7.16. The van der Waals surface area contributed by atoms with E-state index < -0.39 is 10.0 Å². The van der Waals surface area contributed by atoms with Crippen molar-refractivity contribution in [2.45, 2.75) is 32.2 Å². The molecular formula is C15H19N3O2S. The Balaban J connectivity index is 2.35. The Kier molecular flexibility index (Phi) is 4.29. The molecule has 0 saturated carbocycles. The van der Waals surface area contributed by atoms with Crippen LogP contribution in [0.1, 0.15) is 22.4 Å². The second kappa shape index (κ2) is 5.83. The van der Waals surface area contributed by atoms with Gasteiger partial charge in [-0.2, -0.15) is 0 Å². The molecule has 0 aliphatic rings. The number of hydrogen-bond acceptors (Lipinski definition) is 4. The maximum atomic E-state index is 12.5. The van der Waals surface area contributed by atoms with Gasteiger partial charge in [-0.1, -0.05) is 12.1 Å². The van der Waals surface area contributed by atoms with Crippen LogP contribution in [0.4, 0.5) is 5.69 Å². The summed E-state index contributed by atoms with van der Waals surface area (Å²) in [4.78, 5) is 4.35. The zero-order chi connectivity index (χ0) is 15.6. The number of nitrogen functional groups attached to an aromatic ring is 1. The zero-order valence-corrected chi connectivity index (χ0v) is 13.2. The molecule has 0 aliphatic carbocycles. The van der Waals surface area contributed by atoms with Gasteiger partial charge < -0.3 is 5.73 Å². The molecule has 0 aliphatic heterocycles. The van der Waals surface area contributed by atoms with Crippen molar-refractivity contribution in [1.82, 2.24) is 9.71 Å². The van der Waals surface area contributed by atoms with Crippen LogP contribution >= 0.6 is 0 Å². The Labute approximate surface area is 125 Å². The van der Waals surface area contributed by atoms with E-state index in [1.807, 2.05) is 13.0 Å². The van der Waals surface area contributed by atoms with Crippen LogP contribution in [-0.2, 0) is 16.6 Å². The Hall–Kier alpha value is -1.92. The molecule has 0 bridgehead atoms. The molecule has 21 heavy (non-hydrogen) atoms. The third-order valence-electron chi connectivity index (χ3n) is 3.40. The van der Waals surface area contributed by atoms with Crippen LogP contribution in [0.25, 0.3) is 0 Å². The van der Waals surface area contributed by atoms with E-state index in [1.165, 1.54) is 0 Å². The van der Waals surface area contributed by atoms with Crippen LogP contribution < -0.4 is 10.5 Å². The van der Waals surface area contributed by atoms with Gasteiger partial charge in [0, 0.05) is 11.9 Å². The number of nitrogens with one attached hydrogen (secondary N) is 1. The van der Waals surface area contributed by atoms with E-state index in [4.69, 9.17) is 5.73 Å². The number of anilines is 1. The third kappa shape index (κ3) is 3.22. The van der Waals surface area contributed by atoms with E-state index >= 15 is 0 Å². The molecule has 5 nitrogen and oxygen atoms in total. The molecule has 0 saturated heterocycles. The van der Waals surface area contributed by atoms with Crippen molar-refractivity contribution in [2.75, 3.05) is 5.73 Å². The highest BCUT2D eigenvalue weighted by molar-refractivity contribution is 7.89. The lowest BCUT2D eigenvalue weighted by atomic mass is 10.1. The summed E-state index contributed by atoms with van der Waals surface area (Å²) in [5.41, 5.74) is 9.28. The summed E-state index contributed by atoms with van der Waals surface area (Å²) in [5, 5.41) is 0. The van der Waals surface area contributed by atoms with E-state index in [0.717, 1.165) is 5.56 Å². The molecule has 1 heterocycles. The molecule has 2 rings (SSSR count). The predicted molar refractivity (Wildman–Crippen MR) is 83.3 cm³/mol. The second-order valence-corrected chi connectivity index (χ2v) is 6.73. The lowest BCUT2D eigenvalue weighted by molar-refractivity contribution is 0.579. The highest BCUT2D eigenvalue weighted by atomic mass is 32.2. The first-order valence-electron chi connectivity index (χ1n) is 6.59. The normalized spacial score (nSPS) is 11.6. The van der Waals surface area contributed by atoms with Gasteiger partial charge in [0.15, 0.2) is 0 Å². The summed E-state index contributed by atoms with van der Waals surface area (Å²) in [6.45, 7) is 5.52.